The van der Waals surface area contributed by atoms with Gasteiger partial charge in [-0.2, -0.15) is 0 Å². The monoisotopic (exact) mass is 301 g/mol. The van der Waals surface area contributed by atoms with Crippen LogP contribution in [0.3, 0.4) is 0 Å². The molecule has 0 radical (unpaired) electrons. The van der Waals surface area contributed by atoms with Crippen LogP contribution >= 0.6 is 23.2 Å². The molecule has 0 spiro atoms. The predicted molar refractivity (Wildman–Crippen MR) is 79.9 cm³/mol. The van der Waals surface area contributed by atoms with Crippen LogP contribution in [0.25, 0.3) is 0 Å². The van der Waals surface area contributed by atoms with Crippen LogP contribution in [0.2, 0.25) is 10.0 Å². The summed E-state index contributed by atoms with van der Waals surface area (Å²) in [6.07, 6.45) is 1.86. The average molecular weight is 302 g/mol. The Balaban J connectivity index is 2.22. The first-order chi connectivity index (χ1) is 9.02. The predicted octanol–water partition coefficient (Wildman–Crippen LogP) is 2.54. The minimum absolute atomic E-state index is 0.00685. The number of rotatable bonds is 2. The van der Waals surface area contributed by atoms with Gasteiger partial charge in [0.25, 0.3) is 0 Å². The number of hydrogen-bond acceptors (Lipinski definition) is 3. The number of hydrogen-bond donors (Lipinski definition) is 2. The number of carbonyl (C=O) groups excluding carboxylic acids is 1. The molecule has 0 bridgehead atoms. The van der Waals surface area contributed by atoms with Crippen molar-refractivity contribution in [2.24, 2.45) is 5.92 Å². The smallest absolute Gasteiger partial charge is 0.224 e. The molecule has 1 fully saturated rings. The van der Waals surface area contributed by atoms with Crippen LogP contribution in [0, 0.1) is 5.92 Å². The molecule has 19 heavy (non-hydrogen) atoms. The summed E-state index contributed by atoms with van der Waals surface area (Å²) in [7, 11) is 1.66. The molecular weight excluding hydrogens is 285 g/mol. The van der Waals surface area contributed by atoms with Crippen molar-refractivity contribution in [1.29, 1.82) is 0 Å². The Labute approximate surface area is 122 Å². The number of nitrogens with zero attached hydrogens (tertiary/aromatic N) is 1. The number of piperidine rings is 1. The maximum atomic E-state index is 11.7. The lowest BCUT2D eigenvalue weighted by atomic mass is 9.96. The number of anilines is 2. The summed E-state index contributed by atoms with van der Waals surface area (Å²) in [5.74, 6) is 0.0657. The lowest BCUT2D eigenvalue weighted by molar-refractivity contribution is -0.124. The molecule has 104 valence electrons. The van der Waals surface area contributed by atoms with E-state index in [0.29, 0.717) is 22.3 Å². The summed E-state index contributed by atoms with van der Waals surface area (Å²) in [5.41, 5.74) is 7.43. The van der Waals surface area contributed by atoms with Crippen LogP contribution in [-0.2, 0) is 4.79 Å². The van der Waals surface area contributed by atoms with Gasteiger partial charge in [0.2, 0.25) is 5.91 Å². The molecule has 1 amide bonds. The molecule has 1 unspecified atom stereocenters. The van der Waals surface area contributed by atoms with Gasteiger partial charge in [-0.1, -0.05) is 23.2 Å². The summed E-state index contributed by atoms with van der Waals surface area (Å²) < 4.78 is 0. The van der Waals surface area contributed by atoms with Crippen LogP contribution in [0.4, 0.5) is 11.4 Å². The third-order valence-corrected chi connectivity index (χ3v) is 4.17. The van der Waals surface area contributed by atoms with Crippen LogP contribution in [0.5, 0.6) is 0 Å². The molecular formula is C13H17Cl2N3O. The molecule has 1 aliphatic rings. The highest BCUT2D eigenvalue weighted by Crippen LogP contribution is 2.35. The summed E-state index contributed by atoms with van der Waals surface area (Å²) in [6, 6.07) is 3.42. The molecule has 4 nitrogen and oxygen atoms in total. The van der Waals surface area contributed by atoms with E-state index in [9.17, 15) is 4.79 Å². The lowest BCUT2D eigenvalue weighted by Crippen LogP contribution is -2.42. The number of benzene rings is 1. The summed E-state index contributed by atoms with van der Waals surface area (Å²) >= 11 is 12.0. The Morgan fingerprint density at radius 2 is 2.11 bits per heavy atom. The van der Waals surface area contributed by atoms with Gasteiger partial charge in [0, 0.05) is 20.1 Å². The fourth-order valence-electron chi connectivity index (χ4n) is 2.44. The van der Waals surface area contributed by atoms with E-state index in [1.807, 2.05) is 0 Å². The molecule has 0 aliphatic carbocycles. The minimum Gasteiger partial charge on any atom is -0.397 e. The van der Waals surface area contributed by atoms with Crippen molar-refractivity contribution in [3.05, 3.63) is 22.2 Å². The second kappa shape index (κ2) is 5.88. The third-order valence-electron chi connectivity index (χ3n) is 3.45. The molecule has 1 atom stereocenters. The topological polar surface area (TPSA) is 58.4 Å². The normalized spacial score (nSPS) is 19.3. The fourth-order valence-corrected chi connectivity index (χ4v) is 2.77. The molecule has 1 aromatic carbocycles. The molecule has 6 heteroatoms. The molecule has 1 saturated heterocycles. The highest BCUT2D eigenvalue weighted by atomic mass is 35.5. The second-order valence-electron chi connectivity index (χ2n) is 4.72. The van der Waals surface area contributed by atoms with Gasteiger partial charge >= 0.3 is 0 Å². The van der Waals surface area contributed by atoms with Gasteiger partial charge in [-0.05, 0) is 25.0 Å². The number of amides is 1. The molecule has 0 saturated carbocycles. The van der Waals surface area contributed by atoms with E-state index in [1.165, 1.54) is 0 Å². The highest BCUT2D eigenvalue weighted by Gasteiger charge is 2.26. The van der Waals surface area contributed by atoms with E-state index in [2.05, 4.69) is 10.2 Å². The SMILES string of the molecule is CNC(=O)C1CCCN(c2cc(Cl)c(Cl)cc2N)C1. The van der Waals surface area contributed by atoms with Gasteiger partial charge in [0.15, 0.2) is 0 Å². The van der Waals surface area contributed by atoms with Gasteiger partial charge in [-0.25, -0.2) is 0 Å². The largest absolute Gasteiger partial charge is 0.397 e. The zero-order valence-corrected chi connectivity index (χ0v) is 12.3. The number of nitrogens with two attached hydrogens (primary N) is 1. The summed E-state index contributed by atoms with van der Waals surface area (Å²) in [5, 5.41) is 3.62. The van der Waals surface area contributed by atoms with Gasteiger partial charge in [-0.3, -0.25) is 4.79 Å². The lowest BCUT2D eigenvalue weighted by Gasteiger charge is -2.34. The highest BCUT2D eigenvalue weighted by molar-refractivity contribution is 6.42. The Morgan fingerprint density at radius 1 is 1.42 bits per heavy atom. The van der Waals surface area contributed by atoms with Crippen LogP contribution in [0.15, 0.2) is 12.1 Å². The Bertz CT molecular complexity index is 493. The minimum atomic E-state index is -0.00685. The standard InChI is InChI=1S/C13H17Cl2N3O/c1-17-13(19)8-3-2-4-18(7-8)12-6-10(15)9(14)5-11(12)16/h5-6,8H,2-4,7,16H2,1H3,(H,17,19). The van der Waals surface area contributed by atoms with Crippen molar-refractivity contribution in [3.8, 4) is 0 Å². The first kappa shape index (κ1) is 14.3. The van der Waals surface area contributed by atoms with E-state index in [-0.39, 0.29) is 11.8 Å². The second-order valence-corrected chi connectivity index (χ2v) is 5.54. The maximum absolute atomic E-state index is 11.7. The molecule has 1 aliphatic heterocycles. The van der Waals surface area contributed by atoms with Crippen molar-refractivity contribution in [2.75, 3.05) is 30.8 Å². The first-order valence-corrected chi connectivity index (χ1v) is 6.99. The molecule has 3 N–H and O–H groups in total. The molecule has 2 rings (SSSR count). The number of carbonyl (C=O) groups is 1. The Morgan fingerprint density at radius 3 is 2.79 bits per heavy atom. The third kappa shape index (κ3) is 3.07. The van der Waals surface area contributed by atoms with Crippen LogP contribution in [-0.4, -0.2) is 26.0 Å². The Hall–Kier alpha value is -1.13. The number of nitrogens with one attached hydrogen (secondary N) is 1. The fraction of sp³-hybridized carbons (Fsp3) is 0.462. The van der Waals surface area contributed by atoms with E-state index in [0.717, 1.165) is 25.1 Å². The Kier molecular flexibility index (Phi) is 4.42. The van der Waals surface area contributed by atoms with Gasteiger partial charge in [0.05, 0.1) is 27.3 Å². The maximum Gasteiger partial charge on any atom is 0.224 e. The zero-order valence-electron chi connectivity index (χ0n) is 10.7. The quantitative estimate of drug-likeness (QED) is 0.825. The van der Waals surface area contributed by atoms with Crippen molar-refractivity contribution < 1.29 is 4.79 Å². The molecule has 0 aromatic heterocycles. The van der Waals surface area contributed by atoms with Gasteiger partial charge in [0.1, 0.15) is 0 Å². The van der Waals surface area contributed by atoms with Crippen LogP contribution < -0.4 is 16.0 Å². The molecule has 1 aromatic rings. The first-order valence-electron chi connectivity index (χ1n) is 6.24. The zero-order chi connectivity index (χ0) is 14.0. The van der Waals surface area contributed by atoms with Gasteiger partial charge in [-0.15, -0.1) is 0 Å². The van der Waals surface area contributed by atoms with E-state index in [1.54, 1.807) is 19.2 Å². The van der Waals surface area contributed by atoms with Crippen molar-refractivity contribution in [1.82, 2.24) is 5.32 Å². The van der Waals surface area contributed by atoms with Crippen molar-refractivity contribution in [3.63, 3.8) is 0 Å². The van der Waals surface area contributed by atoms with E-state index < -0.39 is 0 Å². The van der Waals surface area contributed by atoms with Crippen molar-refractivity contribution >= 4 is 40.5 Å². The average Bonchev–Trinajstić information content (AvgIpc) is 2.42. The summed E-state index contributed by atoms with van der Waals surface area (Å²) in [4.78, 5) is 13.8. The number of nitrogen functional groups attached to an aromatic ring is 1. The summed E-state index contributed by atoms with van der Waals surface area (Å²) in [6.45, 7) is 1.53. The van der Waals surface area contributed by atoms with Gasteiger partial charge < -0.3 is 16.0 Å². The van der Waals surface area contributed by atoms with E-state index in [4.69, 9.17) is 28.9 Å². The molecule has 1 heterocycles. The number of halogens is 2. The van der Waals surface area contributed by atoms with E-state index >= 15 is 0 Å². The van der Waals surface area contributed by atoms with Crippen LogP contribution in [0.1, 0.15) is 12.8 Å². The van der Waals surface area contributed by atoms with Crippen molar-refractivity contribution in [2.45, 2.75) is 12.8 Å².